The van der Waals surface area contributed by atoms with E-state index in [1.165, 1.54) is 0 Å². The standard InChI is InChI=1S/C14H15BrClN3S/c1-3-17-14-13(15)9(2)18-12(19-14)8-20-11-6-4-10(16)5-7-11/h4-7H,3,8H2,1-2H3,(H,17,18,19). The van der Waals surface area contributed by atoms with Crippen molar-refractivity contribution in [1.82, 2.24) is 9.97 Å². The van der Waals surface area contributed by atoms with Crippen LogP contribution >= 0.6 is 39.3 Å². The van der Waals surface area contributed by atoms with E-state index in [4.69, 9.17) is 11.6 Å². The molecule has 0 aliphatic rings. The summed E-state index contributed by atoms with van der Waals surface area (Å²) < 4.78 is 0.930. The summed E-state index contributed by atoms with van der Waals surface area (Å²) >= 11 is 11.1. The van der Waals surface area contributed by atoms with Crippen molar-refractivity contribution in [1.29, 1.82) is 0 Å². The van der Waals surface area contributed by atoms with Crippen molar-refractivity contribution in [2.45, 2.75) is 24.5 Å². The van der Waals surface area contributed by atoms with Gasteiger partial charge in [0, 0.05) is 16.5 Å². The maximum atomic E-state index is 5.88. The fraction of sp³-hybridized carbons (Fsp3) is 0.286. The molecule has 6 heteroatoms. The van der Waals surface area contributed by atoms with E-state index in [2.05, 4.69) is 31.2 Å². The molecule has 0 atom stereocenters. The quantitative estimate of drug-likeness (QED) is 0.756. The molecule has 1 aromatic carbocycles. The van der Waals surface area contributed by atoms with Gasteiger partial charge in [0.25, 0.3) is 0 Å². The molecule has 2 rings (SSSR count). The zero-order valence-electron chi connectivity index (χ0n) is 11.3. The second kappa shape index (κ2) is 7.29. The van der Waals surface area contributed by atoms with Crippen molar-refractivity contribution < 1.29 is 0 Å². The first-order valence-corrected chi connectivity index (χ1v) is 8.41. The number of anilines is 1. The minimum Gasteiger partial charge on any atom is -0.369 e. The topological polar surface area (TPSA) is 37.8 Å². The number of aromatic nitrogens is 2. The van der Waals surface area contributed by atoms with Crippen molar-refractivity contribution in [2.75, 3.05) is 11.9 Å². The van der Waals surface area contributed by atoms with Gasteiger partial charge in [-0.1, -0.05) is 11.6 Å². The average Bonchev–Trinajstić information content (AvgIpc) is 2.44. The van der Waals surface area contributed by atoms with Crippen LogP contribution in [0, 0.1) is 6.92 Å². The summed E-state index contributed by atoms with van der Waals surface area (Å²) in [6, 6.07) is 7.79. The highest BCUT2D eigenvalue weighted by Crippen LogP contribution is 2.27. The Labute approximate surface area is 136 Å². The molecule has 106 valence electrons. The fourth-order valence-corrected chi connectivity index (χ4v) is 2.84. The van der Waals surface area contributed by atoms with Gasteiger partial charge in [0.15, 0.2) is 0 Å². The van der Waals surface area contributed by atoms with Crippen LogP contribution in [0.1, 0.15) is 18.4 Å². The van der Waals surface area contributed by atoms with Gasteiger partial charge in [-0.2, -0.15) is 0 Å². The van der Waals surface area contributed by atoms with Crippen molar-refractivity contribution >= 4 is 45.1 Å². The first-order chi connectivity index (χ1) is 9.60. The Kier molecular flexibility index (Phi) is 5.69. The van der Waals surface area contributed by atoms with E-state index in [1.807, 2.05) is 38.1 Å². The summed E-state index contributed by atoms with van der Waals surface area (Å²) in [4.78, 5) is 10.2. The Bertz CT molecular complexity index is 590. The molecule has 20 heavy (non-hydrogen) atoms. The first kappa shape index (κ1) is 15.6. The van der Waals surface area contributed by atoms with E-state index in [0.29, 0.717) is 0 Å². The normalized spacial score (nSPS) is 10.6. The zero-order valence-corrected chi connectivity index (χ0v) is 14.4. The fourth-order valence-electron chi connectivity index (χ4n) is 1.64. The molecule has 0 spiro atoms. The van der Waals surface area contributed by atoms with Crippen LogP contribution in [0.15, 0.2) is 33.6 Å². The lowest BCUT2D eigenvalue weighted by Gasteiger charge is -2.10. The summed E-state index contributed by atoms with van der Waals surface area (Å²) in [6.45, 7) is 4.86. The van der Waals surface area contributed by atoms with Crippen LogP contribution in [0.3, 0.4) is 0 Å². The zero-order chi connectivity index (χ0) is 14.5. The molecule has 1 heterocycles. The van der Waals surface area contributed by atoms with Crippen LogP contribution in [0.5, 0.6) is 0 Å². The number of rotatable bonds is 5. The predicted molar refractivity (Wildman–Crippen MR) is 89.6 cm³/mol. The maximum absolute atomic E-state index is 5.88. The Morgan fingerprint density at radius 1 is 1.25 bits per heavy atom. The van der Waals surface area contributed by atoms with Gasteiger partial charge in [-0.15, -0.1) is 11.8 Å². The molecule has 0 aliphatic carbocycles. The van der Waals surface area contributed by atoms with Crippen molar-refractivity contribution in [3.05, 3.63) is 45.3 Å². The predicted octanol–water partition coefficient (Wildman–Crippen LogP) is 4.93. The van der Waals surface area contributed by atoms with Crippen molar-refractivity contribution in [3.63, 3.8) is 0 Å². The highest BCUT2D eigenvalue weighted by molar-refractivity contribution is 9.10. The van der Waals surface area contributed by atoms with Gasteiger partial charge in [-0.05, 0) is 54.0 Å². The molecular formula is C14H15BrClN3S. The molecule has 0 unspecified atom stereocenters. The second-order valence-corrected chi connectivity index (χ2v) is 6.44. The second-order valence-electron chi connectivity index (χ2n) is 4.16. The number of thioether (sulfide) groups is 1. The minimum atomic E-state index is 0.730. The Balaban J connectivity index is 2.11. The monoisotopic (exact) mass is 371 g/mol. The SMILES string of the molecule is CCNc1nc(CSc2ccc(Cl)cc2)nc(C)c1Br. The van der Waals surface area contributed by atoms with E-state index in [-0.39, 0.29) is 0 Å². The summed E-state index contributed by atoms with van der Waals surface area (Å²) in [5.41, 5.74) is 0.947. The molecule has 0 saturated heterocycles. The van der Waals surface area contributed by atoms with E-state index in [0.717, 1.165) is 44.0 Å². The van der Waals surface area contributed by atoms with Gasteiger partial charge in [-0.3, -0.25) is 0 Å². The van der Waals surface area contributed by atoms with Crippen LogP contribution < -0.4 is 5.32 Å². The molecule has 0 bridgehead atoms. The molecule has 3 nitrogen and oxygen atoms in total. The molecule has 0 aliphatic heterocycles. The van der Waals surface area contributed by atoms with Crippen LogP contribution in [-0.2, 0) is 5.75 Å². The summed E-state index contributed by atoms with van der Waals surface area (Å²) in [5.74, 6) is 2.40. The van der Waals surface area contributed by atoms with Gasteiger partial charge >= 0.3 is 0 Å². The third kappa shape index (κ3) is 4.11. The van der Waals surface area contributed by atoms with E-state index < -0.39 is 0 Å². The van der Waals surface area contributed by atoms with Gasteiger partial charge in [0.1, 0.15) is 11.6 Å². The maximum Gasteiger partial charge on any atom is 0.144 e. The highest BCUT2D eigenvalue weighted by atomic mass is 79.9. The summed E-state index contributed by atoms with van der Waals surface area (Å²) in [5, 5.41) is 3.99. The van der Waals surface area contributed by atoms with Crippen LogP contribution in [-0.4, -0.2) is 16.5 Å². The Hall–Kier alpha value is -0.780. The van der Waals surface area contributed by atoms with E-state index in [9.17, 15) is 0 Å². The third-order valence-corrected chi connectivity index (χ3v) is 4.80. The number of benzene rings is 1. The van der Waals surface area contributed by atoms with Gasteiger partial charge in [0.05, 0.1) is 15.9 Å². The van der Waals surface area contributed by atoms with Gasteiger partial charge < -0.3 is 5.32 Å². The van der Waals surface area contributed by atoms with Gasteiger partial charge in [-0.25, -0.2) is 9.97 Å². The minimum absolute atomic E-state index is 0.730. The first-order valence-electron chi connectivity index (χ1n) is 6.25. The summed E-state index contributed by atoms with van der Waals surface area (Å²) in [6.07, 6.45) is 0. The van der Waals surface area contributed by atoms with Crippen molar-refractivity contribution in [2.24, 2.45) is 0 Å². The number of halogens is 2. The lowest BCUT2D eigenvalue weighted by molar-refractivity contribution is 0.975. The molecule has 2 aromatic rings. The number of nitrogens with one attached hydrogen (secondary N) is 1. The van der Waals surface area contributed by atoms with Crippen LogP contribution in [0.2, 0.25) is 5.02 Å². The molecular weight excluding hydrogens is 358 g/mol. The lowest BCUT2D eigenvalue weighted by atomic mass is 10.4. The molecule has 0 radical (unpaired) electrons. The molecule has 1 aromatic heterocycles. The molecule has 1 N–H and O–H groups in total. The molecule has 0 amide bonds. The van der Waals surface area contributed by atoms with E-state index in [1.54, 1.807) is 11.8 Å². The Morgan fingerprint density at radius 2 is 1.95 bits per heavy atom. The smallest absolute Gasteiger partial charge is 0.144 e. The molecule has 0 fully saturated rings. The van der Waals surface area contributed by atoms with E-state index >= 15 is 0 Å². The largest absolute Gasteiger partial charge is 0.369 e. The van der Waals surface area contributed by atoms with Crippen LogP contribution in [0.25, 0.3) is 0 Å². The van der Waals surface area contributed by atoms with Gasteiger partial charge in [0.2, 0.25) is 0 Å². The number of nitrogens with zero attached hydrogens (tertiary/aromatic N) is 2. The number of aryl methyl sites for hydroxylation is 1. The van der Waals surface area contributed by atoms with Crippen LogP contribution in [0.4, 0.5) is 5.82 Å². The number of hydrogen-bond acceptors (Lipinski definition) is 4. The third-order valence-electron chi connectivity index (χ3n) is 2.59. The lowest BCUT2D eigenvalue weighted by Crippen LogP contribution is -2.05. The highest BCUT2D eigenvalue weighted by Gasteiger charge is 2.09. The summed E-state index contributed by atoms with van der Waals surface area (Å²) in [7, 11) is 0. The van der Waals surface area contributed by atoms with Crippen molar-refractivity contribution in [3.8, 4) is 0 Å². The Morgan fingerprint density at radius 3 is 2.60 bits per heavy atom. The average molecular weight is 373 g/mol. The number of hydrogen-bond donors (Lipinski definition) is 1. The molecule has 0 saturated carbocycles.